The third-order valence-electron chi connectivity index (χ3n) is 5.65. The summed E-state index contributed by atoms with van der Waals surface area (Å²) >= 11 is 3.32. The number of rotatable bonds is 3. The van der Waals surface area contributed by atoms with Crippen molar-refractivity contribution in [2.75, 3.05) is 5.32 Å². The molecule has 0 spiro atoms. The van der Waals surface area contributed by atoms with Crippen LogP contribution >= 0.6 is 15.9 Å². The van der Waals surface area contributed by atoms with Crippen LogP contribution in [-0.4, -0.2) is 27.9 Å². The third kappa shape index (κ3) is 4.15. The monoisotopic (exact) mass is 470 g/mol. The van der Waals surface area contributed by atoms with Crippen LogP contribution in [0.5, 0.6) is 0 Å². The molecule has 1 aromatic heterocycles. The van der Waals surface area contributed by atoms with Crippen LogP contribution < -0.4 is 10.6 Å². The zero-order valence-electron chi connectivity index (χ0n) is 15.7. The van der Waals surface area contributed by atoms with Crippen LogP contribution in [0.4, 0.5) is 19.0 Å². The molecule has 0 bridgehead atoms. The summed E-state index contributed by atoms with van der Waals surface area (Å²) in [5.41, 5.74) is 0.746. The zero-order chi connectivity index (χ0) is 20.6. The van der Waals surface area contributed by atoms with Crippen molar-refractivity contribution in [2.24, 2.45) is 0 Å². The molecule has 1 amide bonds. The molecule has 4 rings (SSSR count). The fourth-order valence-electron chi connectivity index (χ4n) is 4.14. The Kier molecular flexibility index (Phi) is 5.59. The summed E-state index contributed by atoms with van der Waals surface area (Å²) in [4.78, 5) is 12.7. The third-order valence-corrected chi connectivity index (χ3v) is 6.40. The lowest BCUT2D eigenvalue weighted by Crippen LogP contribution is -2.37. The Morgan fingerprint density at radius 1 is 1.17 bits per heavy atom. The number of hydrogen-bond donors (Lipinski definition) is 2. The molecule has 2 aliphatic rings. The van der Waals surface area contributed by atoms with E-state index in [1.165, 1.54) is 0 Å². The average molecular weight is 471 g/mol. The summed E-state index contributed by atoms with van der Waals surface area (Å²) in [5, 5.41) is 10.1. The SMILES string of the molecule is O=C(NC1CCCCC1)c1nn2c(c1Br)N[C@H](c1ccccc1)C[C@@H]2C(F)(F)F. The van der Waals surface area contributed by atoms with Crippen molar-refractivity contribution in [1.82, 2.24) is 15.1 Å². The maximum absolute atomic E-state index is 13.8. The van der Waals surface area contributed by atoms with Gasteiger partial charge in [0.25, 0.3) is 5.91 Å². The van der Waals surface area contributed by atoms with Crippen molar-refractivity contribution >= 4 is 27.7 Å². The van der Waals surface area contributed by atoms with Crippen molar-refractivity contribution in [3.63, 3.8) is 0 Å². The first-order valence-electron chi connectivity index (χ1n) is 9.81. The first-order chi connectivity index (χ1) is 13.8. The van der Waals surface area contributed by atoms with E-state index in [2.05, 4.69) is 31.7 Å². The van der Waals surface area contributed by atoms with Gasteiger partial charge in [0.05, 0.1) is 10.5 Å². The second-order valence-electron chi connectivity index (χ2n) is 7.66. The van der Waals surface area contributed by atoms with Gasteiger partial charge < -0.3 is 10.6 Å². The van der Waals surface area contributed by atoms with E-state index in [-0.39, 0.29) is 28.4 Å². The van der Waals surface area contributed by atoms with E-state index in [9.17, 15) is 18.0 Å². The molecule has 5 nitrogen and oxygen atoms in total. The average Bonchev–Trinajstić information content (AvgIpc) is 3.05. The highest BCUT2D eigenvalue weighted by Gasteiger charge is 2.47. The van der Waals surface area contributed by atoms with E-state index < -0.39 is 24.2 Å². The van der Waals surface area contributed by atoms with Gasteiger partial charge in [0.15, 0.2) is 11.7 Å². The number of aromatic nitrogens is 2. The lowest BCUT2D eigenvalue weighted by Gasteiger charge is -2.33. The number of halogens is 4. The number of carbonyl (C=O) groups excluding carboxylic acids is 1. The maximum atomic E-state index is 13.8. The molecule has 2 atom stereocenters. The predicted octanol–water partition coefficient (Wildman–Crippen LogP) is 5.37. The molecule has 0 radical (unpaired) electrons. The van der Waals surface area contributed by atoms with E-state index in [1.807, 2.05) is 6.07 Å². The van der Waals surface area contributed by atoms with E-state index >= 15 is 0 Å². The number of carbonyl (C=O) groups is 1. The molecule has 29 heavy (non-hydrogen) atoms. The molecule has 2 heterocycles. The van der Waals surface area contributed by atoms with Gasteiger partial charge in [-0.3, -0.25) is 4.79 Å². The quantitative estimate of drug-likeness (QED) is 0.633. The van der Waals surface area contributed by atoms with Crippen molar-refractivity contribution in [1.29, 1.82) is 0 Å². The Labute approximate surface area is 175 Å². The lowest BCUT2D eigenvalue weighted by atomic mass is 9.95. The number of nitrogens with one attached hydrogen (secondary N) is 2. The standard InChI is InChI=1S/C20H22BrF3N4O/c21-16-17(19(29)25-13-9-5-2-6-10-13)27-28-15(20(22,23)24)11-14(26-18(16)28)12-7-3-1-4-8-12/h1,3-4,7-8,13-15,26H,2,5-6,9-11H2,(H,25,29)/t14-,15+/m0/s1. The normalized spacial score (nSPS) is 22.6. The number of amides is 1. The molecule has 1 fully saturated rings. The highest BCUT2D eigenvalue weighted by molar-refractivity contribution is 9.10. The van der Waals surface area contributed by atoms with Crippen LogP contribution in [0, 0.1) is 0 Å². The maximum Gasteiger partial charge on any atom is 0.410 e. The van der Waals surface area contributed by atoms with Crippen LogP contribution in [0.3, 0.4) is 0 Å². The van der Waals surface area contributed by atoms with Crippen LogP contribution in [0.15, 0.2) is 34.8 Å². The Morgan fingerprint density at radius 2 is 1.86 bits per heavy atom. The zero-order valence-corrected chi connectivity index (χ0v) is 17.3. The highest BCUT2D eigenvalue weighted by Crippen LogP contribution is 2.46. The van der Waals surface area contributed by atoms with E-state index in [0.717, 1.165) is 42.3 Å². The van der Waals surface area contributed by atoms with Crippen LogP contribution in [0.1, 0.15) is 66.7 Å². The number of benzene rings is 1. The first kappa shape index (κ1) is 20.3. The van der Waals surface area contributed by atoms with Gasteiger partial charge in [-0.15, -0.1) is 0 Å². The van der Waals surface area contributed by atoms with E-state index in [1.54, 1.807) is 24.3 Å². The number of hydrogen-bond acceptors (Lipinski definition) is 3. The lowest BCUT2D eigenvalue weighted by molar-refractivity contribution is -0.173. The van der Waals surface area contributed by atoms with Crippen molar-refractivity contribution in [3.8, 4) is 0 Å². The first-order valence-corrected chi connectivity index (χ1v) is 10.6. The molecule has 0 unspecified atom stereocenters. The summed E-state index contributed by atoms with van der Waals surface area (Å²) in [6, 6.07) is 6.71. The molecule has 2 N–H and O–H groups in total. The summed E-state index contributed by atoms with van der Waals surface area (Å²) in [6.45, 7) is 0. The van der Waals surface area contributed by atoms with Gasteiger partial charge in [0.2, 0.25) is 0 Å². The minimum atomic E-state index is -4.48. The van der Waals surface area contributed by atoms with Gasteiger partial charge >= 0.3 is 6.18 Å². The fourth-order valence-corrected chi connectivity index (χ4v) is 4.69. The number of fused-ring (bicyclic) bond motifs is 1. The molecule has 1 aliphatic carbocycles. The Hall–Kier alpha value is -2.03. The van der Waals surface area contributed by atoms with Crippen LogP contribution in [-0.2, 0) is 0 Å². The highest BCUT2D eigenvalue weighted by atomic mass is 79.9. The topological polar surface area (TPSA) is 59.0 Å². The molecular weight excluding hydrogens is 449 g/mol. The summed E-state index contributed by atoms with van der Waals surface area (Å²) in [6.07, 6.45) is 0.328. The van der Waals surface area contributed by atoms with Gasteiger partial charge in [-0.1, -0.05) is 49.6 Å². The summed E-state index contributed by atoms with van der Waals surface area (Å²) in [5.74, 6) is -0.258. The Balaban J connectivity index is 1.65. The summed E-state index contributed by atoms with van der Waals surface area (Å²) in [7, 11) is 0. The summed E-state index contributed by atoms with van der Waals surface area (Å²) < 4.78 is 42.6. The number of nitrogens with zero attached hydrogens (tertiary/aromatic N) is 2. The Morgan fingerprint density at radius 3 is 2.52 bits per heavy atom. The molecule has 1 aliphatic heterocycles. The van der Waals surface area contributed by atoms with Crippen molar-refractivity contribution in [2.45, 2.75) is 62.8 Å². The fraction of sp³-hybridized carbons (Fsp3) is 0.500. The Bertz CT molecular complexity index is 878. The van der Waals surface area contributed by atoms with E-state index in [4.69, 9.17) is 0 Å². The van der Waals surface area contributed by atoms with Crippen LogP contribution in [0.2, 0.25) is 0 Å². The van der Waals surface area contributed by atoms with Crippen LogP contribution in [0.25, 0.3) is 0 Å². The minimum absolute atomic E-state index is 0.0129. The van der Waals surface area contributed by atoms with Gasteiger partial charge in [-0.2, -0.15) is 18.3 Å². The predicted molar refractivity (Wildman–Crippen MR) is 107 cm³/mol. The van der Waals surface area contributed by atoms with Gasteiger partial charge in [-0.25, -0.2) is 4.68 Å². The minimum Gasteiger partial charge on any atom is -0.362 e. The number of alkyl halides is 3. The molecule has 0 saturated heterocycles. The second kappa shape index (κ2) is 8.01. The molecule has 9 heteroatoms. The van der Waals surface area contributed by atoms with Crippen molar-refractivity contribution < 1.29 is 18.0 Å². The largest absolute Gasteiger partial charge is 0.410 e. The van der Waals surface area contributed by atoms with E-state index in [0.29, 0.717) is 0 Å². The van der Waals surface area contributed by atoms with Gasteiger partial charge in [0.1, 0.15) is 5.82 Å². The smallest absolute Gasteiger partial charge is 0.362 e. The molecule has 1 saturated carbocycles. The number of anilines is 1. The second-order valence-corrected chi connectivity index (χ2v) is 8.46. The molecular formula is C20H22BrF3N4O. The molecule has 2 aromatic rings. The molecule has 156 valence electrons. The van der Waals surface area contributed by atoms with Crippen molar-refractivity contribution in [3.05, 3.63) is 46.1 Å². The van der Waals surface area contributed by atoms with Gasteiger partial charge in [0, 0.05) is 12.5 Å². The van der Waals surface area contributed by atoms with Gasteiger partial charge in [-0.05, 0) is 34.3 Å². The molecule has 1 aromatic carbocycles.